The Morgan fingerprint density at radius 1 is 1.10 bits per heavy atom. The molecule has 0 N–H and O–H groups in total. The molecule has 0 fully saturated rings. The Balaban J connectivity index is 1.97. The van der Waals surface area contributed by atoms with Crippen molar-refractivity contribution in [1.82, 2.24) is 4.98 Å². The van der Waals surface area contributed by atoms with E-state index >= 15 is 0 Å². The van der Waals surface area contributed by atoms with E-state index in [2.05, 4.69) is 74.8 Å². The van der Waals surface area contributed by atoms with Crippen molar-refractivity contribution in [3.63, 3.8) is 0 Å². The van der Waals surface area contributed by atoms with Gasteiger partial charge in [-0.2, -0.15) is 0 Å². The molecule has 3 heterocycles. The van der Waals surface area contributed by atoms with Crippen molar-refractivity contribution in [2.45, 2.75) is 53.9 Å². The zero-order chi connectivity index (χ0) is 21.8. The van der Waals surface area contributed by atoms with Gasteiger partial charge in [0.1, 0.15) is 7.05 Å². The molecule has 0 saturated carbocycles. The summed E-state index contributed by atoms with van der Waals surface area (Å²) in [5, 5.41) is 2.06. The van der Waals surface area contributed by atoms with E-state index in [4.69, 9.17) is 5.79 Å². The molecule has 0 unspecified atom stereocenters. The minimum Gasteiger partial charge on any atom is -0.437 e. The number of furan rings is 1. The molecule has 4 rings (SSSR count). The molecule has 0 amide bonds. The maximum absolute atomic E-state index is 8.31. The number of pyridine rings is 2. The second kappa shape index (κ2) is 6.98. The van der Waals surface area contributed by atoms with Gasteiger partial charge >= 0.3 is 0 Å². The van der Waals surface area contributed by atoms with Crippen LogP contribution in [0.2, 0.25) is 0 Å². The van der Waals surface area contributed by atoms with E-state index in [9.17, 15) is 0 Å². The maximum Gasteiger partial charge on any atom is 0.227 e. The van der Waals surface area contributed by atoms with Gasteiger partial charge in [0, 0.05) is 30.0 Å². The first-order chi connectivity index (χ1) is 13.9. The SMILES string of the molecule is [2H]C(C)(C)c1ccc2c(n1)oc1c(-c3cc(CC(C)(C)C)cc[n+]3C)c(C)ccc12. The predicted molar refractivity (Wildman–Crippen MR) is 120 cm³/mol. The van der Waals surface area contributed by atoms with Crippen molar-refractivity contribution in [2.75, 3.05) is 0 Å². The molecule has 0 radical (unpaired) electrons. The fourth-order valence-corrected chi connectivity index (χ4v) is 4.00. The maximum atomic E-state index is 8.31. The van der Waals surface area contributed by atoms with Gasteiger partial charge in [0.05, 0.1) is 5.56 Å². The van der Waals surface area contributed by atoms with E-state index < -0.39 is 5.89 Å². The van der Waals surface area contributed by atoms with Gasteiger partial charge in [-0.3, -0.25) is 0 Å². The lowest BCUT2D eigenvalue weighted by molar-refractivity contribution is -0.660. The Kier molecular flexibility index (Phi) is 4.42. The van der Waals surface area contributed by atoms with Crippen molar-refractivity contribution in [2.24, 2.45) is 12.5 Å². The quantitative estimate of drug-likeness (QED) is 0.375. The van der Waals surface area contributed by atoms with Gasteiger partial charge in [-0.05, 0) is 47.9 Å². The first-order valence-corrected chi connectivity index (χ1v) is 10.3. The Hall–Kier alpha value is -2.68. The van der Waals surface area contributed by atoms with Crippen LogP contribution in [0.5, 0.6) is 0 Å². The molecular formula is C26H31N2O+. The average molecular weight is 389 g/mol. The molecule has 1 aromatic carbocycles. The fourth-order valence-electron chi connectivity index (χ4n) is 4.00. The number of fused-ring (bicyclic) bond motifs is 3. The Morgan fingerprint density at radius 3 is 2.52 bits per heavy atom. The summed E-state index contributed by atoms with van der Waals surface area (Å²) in [6.07, 6.45) is 3.15. The molecule has 0 atom stereocenters. The Labute approximate surface area is 174 Å². The Morgan fingerprint density at radius 2 is 1.83 bits per heavy atom. The Bertz CT molecular complexity index is 1260. The summed E-state index contributed by atoms with van der Waals surface area (Å²) in [5.74, 6) is -0.764. The standard InChI is InChI=1S/C26H31N2O/c1-16(2)21-11-10-20-19-9-8-17(3)23(24(19)29-25(20)27-21)22-14-18(12-13-28(22)7)15-26(4,5)6/h8-14,16H,15H2,1-7H3/q+1/i16D. The highest BCUT2D eigenvalue weighted by Crippen LogP contribution is 2.37. The second-order valence-corrected chi connectivity index (χ2v) is 9.55. The van der Waals surface area contributed by atoms with E-state index in [1.54, 1.807) is 0 Å². The molecule has 3 aromatic heterocycles. The third-order valence-corrected chi connectivity index (χ3v) is 5.43. The van der Waals surface area contributed by atoms with E-state index in [1.807, 2.05) is 26.0 Å². The fraction of sp³-hybridized carbons (Fsp3) is 0.385. The molecule has 29 heavy (non-hydrogen) atoms. The first kappa shape index (κ1) is 18.4. The molecular weight excluding hydrogens is 356 g/mol. The molecule has 0 spiro atoms. The third-order valence-electron chi connectivity index (χ3n) is 5.43. The molecule has 3 heteroatoms. The lowest BCUT2D eigenvalue weighted by Crippen LogP contribution is -2.31. The summed E-state index contributed by atoms with van der Waals surface area (Å²) in [7, 11) is 2.08. The zero-order valence-electron chi connectivity index (χ0n) is 19.6. The van der Waals surface area contributed by atoms with E-state index in [0.29, 0.717) is 11.4 Å². The van der Waals surface area contributed by atoms with Crippen molar-refractivity contribution < 1.29 is 10.4 Å². The van der Waals surface area contributed by atoms with Crippen LogP contribution in [0.15, 0.2) is 47.0 Å². The van der Waals surface area contributed by atoms with Crippen LogP contribution in [0.4, 0.5) is 0 Å². The van der Waals surface area contributed by atoms with Crippen LogP contribution in [0.25, 0.3) is 33.3 Å². The number of nitrogens with zero attached hydrogens (tertiary/aromatic N) is 2. The predicted octanol–water partition coefficient (Wildman–Crippen LogP) is 6.49. The molecule has 0 saturated heterocycles. The summed E-state index contributed by atoms with van der Waals surface area (Å²) in [5.41, 5.74) is 7.14. The largest absolute Gasteiger partial charge is 0.437 e. The van der Waals surface area contributed by atoms with Crippen molar-refractivity contribution >= 4 is 22.1 Å². The second-order valence-electron chi connectivity index (χ2n) is 9.55. The van der Waals surface area contributed by atoms with E-state index in [0.717, 1.165) is 34.0 Å². The smallest absolute Gasteiger partial charge is 0.227 e. The summed E-state index contributed by atoms with van der Waals surface area (Å²) < 4.78 is 16.8. The number of rotatable bonds is 3. The normalized spacial score (nSPS) is 13.3. The lowest BCUT2D eigenvalue weighted by atomic mass is 9.88. The first-order valence-electron chi connectivity index (χ1n) is 10.8. The van der Waals surface area contributed by atoms with Crippen LogP contribution < -0.4 is 4.57 Å². The van der Waals surface area contributed by atoms with E-state index in [-0.39, 0.29) is 5.41 Å². The number of hydrogen-bond acceptors (Lipinski definition) is 2. The number of hydrogen-bond donors (Lipinski definition) is 0. The molecule has 3 nitrogen and oxygen atoms in total. The summed E-state index contributed by atoms with van der Waals surface area (Å²) in [6.45, 7) is 12.6. The topological polar surface area (TPSA) is 29.9 Å². The molecule has 150 valence electrons. The van der Waals surface area contributed by atoms with Gasteiger partial charge in [0.2, 0.25) is 11.4 Å². The molecule has 0 bridgehead atoms. The van der Waals surface area contributed by atoms with Gasteiger partial charge < -0.3 is 4.42 Å². The highest BCUT2D eigenvalue weighted by atomic mass is 16.3. The number of aryl methyl sites for hydroxylation is 2. The van der Waals surface area contributed by atoms with Crippen LogP contribution in [-0.2, 0) is 13.5 Å². The number of aromatic nitrogens is 2. The van der Waals surface area contributed by atoms with Crippen LogP contribution in [0, 0.1) is 12.3 Å². The zero-order valence-corrected chi connectivity index (χ0v) is 18.6. The highest BCUT2D eigenvalue weighted by Gasteiger charge is 2.23. The minimum absolute atomic E-state index is 0.223. The van der Waals surface area contributed by atoms with Crippen molar-refractivity contribution in [1.29, 1.82) is 0 Å². The van der Waals surface area contributed by atoms with Crippen LogP contribution >= 0.6 is 0 Å². The summed E-state index contributed by atoms with van der Waals surface area (Å²) in [6, 6.07) is 12.7. The summed E-state index contributed by atoms with van der Waals surface area (Å²) >= 11 is 0. The van der Waals surface area contributed by atoms with Crippen LogP contribution in [0.3, 0.4) is 0 Å². The van der Waals surface area contributed by atoms with Crippen LogP contribution in [0.1, 0.15) is 58.7 Å². The van der Waals surface area contributed by atoms with Gasteiger partial charge in [-0.1, -0.05) is 46.8 Å². The van der Waals surface area contributed by atoms with Crippen molar-refractivity contribution in [3.8, 4) is 11.3 Å². The monoisotopic (exact) mass is 388 g/mol. The van der Waals surface area contributed by atoms with Gasteiger partial charge in [-0.25, -0.2) is 9.55 Å². The summed E-state index contributed by atoms with van der Waals surface area (Å²) in [4.78, 5) is 4.68. The lowest BCUT2D eigenvalue weighted by Gasteiger charge is -2.18. The van der Waals surface area contributed by atoms with E-state index in [1.165, 1.54) is 11.1 Å². The molecule has 0 aliphatic rings. The molecule has 0 aliphatic carbocycles. The van der Waals surface area contributed by atoms with Gasteiger partial charge in [0.15, 0.2) is 11.8 Å². The molecule has 0 aliphatic heterocycles. The highest BCUT2D eigenvalue weighted by molar-refractivity contribution is 6.08. The van der Waals surface area contributed by atoms with Crippen molar-refractivity contribution in [3.05, 3.63) is 59.4 Å². The number of benzene rings is 1. The van der Waals surface area contributed by atoms with Gasteiger partial charge in [-0.15, -0.1) is 0 Å². The third kappa shape index (κ3) is 3.66. The van der Waals surface area contributed by atoms with Crippen LogP contribution in [-0.4, -0.2) is 4.98 Å². The minimum atomic E-state index is -0.764. The average Bonchev–Trinajstić information content (AvgIpc) is 2.99. The van der Waals surface area contributed by atoms with Gasteiger partial charge in [0.25, 0.3) is 0 Å². The molecule has 4 aromatic rings.